The predicted molar refractivity (Wildman–Crippen MR) is 83.8 cm³/mol. The highest BCUT2D eigenvalue weighted by atomic mass is 35.5. The second-order valence-electron chi connectivity index (χ2n) is 4.37. The van der Waals surface area contributed by atoms with Gasteiger partial charge in [0.05, 0.1) is 22.5 Å². The molecular formula is C15H16ClN3O2. The van der Waals surface area contributed by atoms with Crippen LogP contribution in [0.3, 0.4) is 0 Å². The van der Waals surface area contributed by atoms with E-state index >= 15 is 0 Å². The Morgan fingerprint density at radius 3 is 2.71 bits per heavy atom. The lowest BCUT2D eigenvalue weighted by molar-refractivity contribution is 0.102. The molecule has 0 atom stereocenters. The summed E-state index contributed by atoms with van der Waals surface area (Å²) in [6.45, 7) is 0.786. The first-order chi connectivity index (χ1) is 10.2. The maximum absolute atomic E-state index is 12.1. The Morgan fingerprint density at radius 2 is 2.05 bits per heavy atom. The Balaban J connectivity index is 1.97. The van der Waals surface area contributed by atoms with Gasteiger partial charge in [0.25, 0.3) is 5.91 Å². The molecule has 6 heteroatoms. The number of aliphatic hydroxyl groups excluding tert-OH is 1. The second kappa shape index (κ2) is 7.61. The van der Waals surface area contributed by atoms with Crippen LogP contribution in [-0.2, 0) is 0 Å². The van der Waals surface area contributed by atoms with Crippen molar-refractivity contribution in [3.63, 3.8) is 0 Å². The topological polar surface area (TPSA) is 74.2 Å². The molecule has 21 heavy (non-hydrogen) atoms. The molecule has 2 rings (SSSR count). The van der Waals surface area contributed by atoms with Gasteiger partial charge in [0.15, 0.2) is 0 Å². The molecule has 5 nitrogen and oxygen atoms in total. The maximum atomic E-state index is 12.1. The quantitative estimate of drug-likeness (QED) is 0.717. The molecule has 0 radical (unpaired) electrons. The Bertz CT molecular complexity index is 602. The van der Waals surface area contributed by atoms with Crippen molar-refractivity contribution in [2.75, 3.05) is 23.8 Å². The molecule has 1 amide bonds. The van der Waals surface area contributed by atoms with Crippen LogP contribution in [0.5, 0.6) is 0 Å². The van der Waals surface area contributed by atoms with Gasteiger partial charge in [0.1, 0.15) is 5.82 Å². The van der Waals surface area contributed by atoms with E-state index in [0.29, 0.717) is 35.1 Å². The SMILES string of the molecule is O=C(Nc1ccc(NCCCO)nc1)c1ccccc1Cl. The van der Waals surface area contributed by atoms with Crippen molar-refractivity contribution < 1.29 is 9.90 Å². The summed E-state index contributed by atoms with van der Waals surface area (Å²) in [5.74, 6) is 0.419. The van der Waals surface area contributed by atoms with Crippen molar-refractivity contribution in [3.05, 3.63) is 53.2 Å². The summed E-state index contributed by atoms with van der Waals surface area (Å²) < 4.78 is 0. The molecule has 0 aliphatic heterocycles. The van der Waals surface area contributed by atoms with Crippen LogP contribution < -0.4 is 10.6 Å². The Morgan fingerprint density at radius 1 is 1.24 bits per heavy atom. The molecule has 0 fully saturated rings. The highest BCUT2D eigenvalue weighted by Gasteiger charge is 2.09. The number of carbonyl (C=O) groups is 1. The molecule has 0 unspecified atom stereocenters. The molecule has 0 aliphatic carbocycles. The van der Waals surface area contributed by atoms with Crippen molar-refractivity contribution in [2.24, 2.45) is 0 Å². The molecule has 110 valence electrons. The molecule has 1 heterocycles. The monoisotopic (exact) mass is 305 g/mol. The summed E-state index contributed by atoms with van der Waals surface area (Å²) >= 11 is 5.97. The van der Waals surface area contributed by atoms with Crippen molar-refractivity contribution >= 4 is 29.0 Å². The first kappa shape index (κ1) is 15.3. The van der Waals surface area contributed by atoms with Gasteiger partial charge in [-0.3, -0.25) is 4.79 Å². The van der Waals surface area contributed by atoms with Crippen LogP contribution in [0.15, 0.2) is 42.6 Å². The average molecular weight is 306 g/mol. The largest absolute Gasteiger partial charge is 0.396 e. The van der Waals surface area contributed by atoms with Gasteiger partial charge >= 0.3 is 0 Å². The normalized spacial score (nSPS) is 10.2. The lowest BCUT2D eigenvalue weighted by atomic mass is 10.2. The molecule has 0 spiro atoms. The van der Waals surface area contributed by atoms with Gasteiger partial charge < -0.3 is 15.7 Å². The number of rotatable bonds is 6. The first-order valence-corrected chi connectivity index (χ1v) is 6.95. The van der Waals surface area contributed by atoms with Crippen LogP contribution >= 0.6 is 11.6 Å². The van der Waals surface area contributed by atoms with E-state index in [2.05, 4.69) is 15.6 Å². The molecule has 0 saturated heterocycles. The zero-order valence-corrected chi connectivity index (χ0v) is 12.1. The number of amides is 1. The lowest BCUT2D eigenvalue weighted by Crippen LogP contribution is -2.12. The van der Waals surface area contributed by atoms with E-state index in [-0.39, 0.29) is 12.5 Å². The van der Waals surface area contributed by atoms with E-state index in [1.807, 2.05) is 0 Å². The second-order valence-corrected chi connectivity index (χ2v) is 4.78. The Hall–Kier alpha value is -2.11. The van der Waals surface area contributed by atoms with Gasteiger partial charge in [-0.15, -0.1) is 0 Å². The molecule has 0 aliphatic rings. The predicted octanol–water partition coefficient (Wildman–Crippen LogP) is 2.78. The van der Waals surface area contributed by atoms with E-state index in [0.717, 1.165) is 0 Å². The van der Waals surface area contributed by atoms with Crippen LogP contribution in [0.1, 0.15) is 16.8 Å². The number of pyridine rings is 1. The standard InChI is InChI=1S/C15H16ClN3O2/c16-13-5-2-1-4-12(13)15(21)19-11-6-7-14(18-10-11)17-8-3-9-20/h1-2,4-7,10,20H,3,8-9H2,(H,17,18)(H,19,21). The first-order valence-electron chi connectivity index (χ1n) is 6.57. The number of benzene rings is 1. The summed E-state index contributed by atoms with van der Waals surface area (Å²) in [6, 6.07) is 10.4. The summed E-state index contributed by atoms with van der Waals surface area (Å²) in [5.41, 5.74) is 1.01. The molecular weight excluding hydrogens is 290 g/mol. The number of halogens is 1. The van der Waals surface area contributed by atoms with Crippen LogP contribution in [0.25, 0.3) is 0 Å². The van der Waals surface area contributed by atoms with Crippen LogP contribution in [0.2, 0.25) is 5.02 Å². The van der Waals surface area contributed by atoms with Gasteiger partial charge in [-0.25, -0.2) is 4.98 Å². The highest BCUT2D eigenvalue weighted by Crippen LogP contribution is 2.17. The van der Waals surface area contributed by atoms with Gasteiger partial charge in [-0.1, -0.05) is 23.7 Å². The number of hydrogen-bond donors (Lipinski definition) is 3. The number of nitrogens with zero attached hydrogens (tertiary/aromatic N) is 1. The molecule has 1 aromatic carbocycles. The summed E-state index contributed by atoms with van der Waals surface area (Å²) in [5, 5.41) is 14.9. The van der Waals surface area contributed by atoms with Gasteiger partial charge in [-0.2, -0.15) is 0 Å². The average Bonchev–Trinajstić information content (AvgIpc) is 2.49. The minimum atomic E-state index is -0.275. The number of anilines is 2. The third kappa shape index (κ3) is 4.44. The van der Waals surface area contributed by atoms with Crippen molar-refractivity contribution in [1.82, 2.24) is 4.98 Å². The number of nitrogens with one attached hydrogen (secondary N) is 2. The number of aromatic nitrogens is 1. The molecule has 0 saturated carbocycles. The smallest absolute Gasteiger partial charge is 0.257 e. The third-order valence-corrected chi connectivity index (χ3v) is 3.11. The molecule has 0 bridgehead atoms. The van der Waals surface area contributed by atoms with Crippen LogP contribution in [0.4, 0.5) is 11.5 Å². The van der Waals surface area contributed by atoms with E-state index in [1.165, 1.54) is 0 Å². The number of aliphatic hydroxyl groups is 1. The maximum Gasteiger partial charge on any atom is 0.257 e. The Labute approximate surface area is 128 Å². The summed E-state index contributed by atoms with van der Waals surface area (Å²) in [6.07, 6.45) is 2.22. The Kier molecular flexibility index (Phi) is 5.54. The third-order valence-electron chi connectivity index (χ3n) is 2.78. The summed E-state index contributed by atoms with van der Waals surface area (Å²) in [7, 11) is 0. The van der Waals surface area contributed by atoms with Crippen molar-refractivity contribution in [2.45, 2.75) is 6.42 Å². The number of hydrogen-bond acceptors (Lipinski definition) is 4. The lowest BCUT2D eigenvalue weighted by Gasteiger charge is -2.08. The minimum Gasteiger partial charge on any atom is -0.396 e. The fourth-order valence-corrected chi connectivity index (χ4v) is 1.93. The fraction of sp³-hybridized carbons (Fsp3) is 0.200. The van der Waals surface area contributed by atoms with E-state index in [4.69, 9.17) is 16.7 Å². The van der Waals surface area contributed by atoms with E-state index in [9.17, 15) is 4.79 Å². The molecule has 3 N–H and O–H groups in total. The molecule has 2 aromatic rings. The minimum absolute atomic E-state index is 0.138. The highest BCUT2D eigenvalue weighted by molar-refractivity contribution is 6.34. The summed E-state index contributed by atoms with van der Waals surface area (Å²) in [4.78, 5) is 16.2. The number of carbonyl (C=O) groups excluding carboxylic acids is 1. The fourth-order valence-electron chi connectivity index (χ4n) is 1.71. The molecule has 1 aromatic heterocycles. The van der Waals surface area contributed by atoms with Gasteiger partial charge in [0, 0.05) is 13.2 Å². The van der Waals surface area contributed by atoms with E-state index < -0.39 is 0 Å². The zero-order chi connectivity index (χ0) is 15.1. The van der Waals surface area contributed by atoms with Crippen LogP contribution in [0, 0.1) is 0 Å². The van der Waals surface area contributed by atoms with Gasteiger partial charge in [-0.05, 0) is 30.7 Å². The van der Waals surface area contributed by atoms with Crippen molar-refractivity contribution in [3.8, 4) is 0 Å². The van der Waals surface area contributed by atoms with Crippen LogP contribution in [-0.4, -0.2) is 29.1 Å². The zero-order valence-electron chi connectivity index (χ0n) is 11.3. The van der Waals surface area contributed by atoms with Crippen molar-refractivity contribution in [1.29, 1.82) is 0 Å². The van der Waals surface area contributed by atoms with E-state index in [1.54, 1.807) is 42.6 Å². The van der Waals surface area contributed by atoms with Gasteiger partial charge in [0.2, 0.25) is 0 Å².